The minimum atomic E-state index is -0.579. The lowest BCUT2D eigenvalue weighted by Gasteiger charge is -2.12. The molecule has 0 fully saturated rings. The second-order valence-corrected chi connectivity index (χ2v) is 30.4. The number of methoxy groups -OCH3 is 3. The maximum atomic E-state index is 12.9. The first-order valence-corrected chi connectivity index (χ1v) is 42.2. The zero-order chi connectivity index (χ0) is 92.7. The predicted octanol–water partition coefficient (Wildman–Crippen LogP) is 23.0. The molecule has 660 valence electrons. The molecule has 21 nitrogen and oxygen atoms in total. The van der Waals surface area contributed by atoms with Crippen LogP contribution in [0.1, 0.15) is 132 Å². The number of halogens is 2. The first kappa shape index (κ1) is 93.2. The molecule has 15 rings (SSSR count). The van der Waals surface area contributed by atoms with Crippen molar-refractivity contribution in [2.24, 2.45) is 0 Å². The number of aryl methyl sites for hydroxylation is 7. The standard InChI is InChI=1S/C38H32O9.C36H26Cl2O6.C35H26O6/c1-42-30-16-8-27(9-17-30)36(39)45-33-14-6-25(7-15-33)4-5-26-22-34(46-37(40)28-10-18-31(43-2)19-11-28)24-35(23-26)47-38(41)29-12-20-32(44-3)21-13-29;1-23-2-8-26(9-3-23)34(39)42-31-18-6-24(7-19-31)4-5-25-20-32(43-35(40)27-10-14-29(37)15-11-27)22-33(21-25)44-36(41)28-12-16-30(38)17-13-28;36-33(27-10-4-1-5-11-27)39-30-20-18-25(19-21-30)16-17-26-22-31(40-34(37)28-12-6-2-7-13-28)24-32(23-26)41-35(38)29-14-8-3-9-15-29/h6-24H,4-5H2,1-3H3;2-3,6-22H,4-5H2,1H3;1-15,18-24H,16-17H2. The molecule has 0 bridgehead atoms. The van der Waals surface area contributed by atoms with Crippen molar-refractivity contribution in [1.29, 1.82) is 0 Å². The quantitative estimate of drug-likeness (QED) is 0.0299. The predicted molar refractivity (Wildman–Crippen MR) is 498 cm³/mol. The van der Waals surface area contributed by atoms with Crippen LogP contribution in [0.4, 0.5) is 0 Å². The maximum absolute atomic E-state index is 12.9. The van der Waals surface area contributed by atoms with Gasteiger partial charge in [0.25, 0.3) is 0 Å². The van der Waals surface area contributed by atoms with Crippen molar-refractivity contribution in [1.82, 2.24) is 0 Å². The number of rotatable bonds is 30. The van der Waals surface area contributed by atoms with E-state index in [1.807, 2.05) is 73.7 Å². The molecule has 0 atom stereocenters. The van der Waals surface area contributed by atoms with Crippen molar-refractivity contribution >= 4 is 76.9 Å². The molecule has 0 spiro atoms. The summed E-state index contributed by atoms with van der Waals surface area (Å²) < 4.78 is 65.8. The Morgan fingerprint density at radius 1 is 0.182 bits per heavy atom. The van der Waals surface area contributed by atoms with Crippen molar-refractivity contribution < 1.29 is 100.0 Å². The SMILES string of the molecule is COc1ccc(C(=O)Oc2ccc(CCc3cc(OC(=O)c4ccc(OC)cc4)cc(OC(=O)c4ccc(OC)cc4)c3)cc2)cc1.Cc1ccc(C(=O)Oc2ccc(CCc3cc(OC(=O)c4ccc(Cl)cc4)cc(OC(=O)c4ccc(Cl)cc4)c3)cc2)cc1.O=C(Oc1ccc(CCc2cc(OC(=O)c3ccccc3)cc(OC(=O)c3ccccc3)c2)cc1)c1ccccc1. The van der Waals surface area contributed by atoms with E-state index in [1.54, 1.807) is 300 Å². The van der Waals surface area contributed by atoms with E-state index in [2.05, 4.69) is 0 Å². The van der Waals surface area contributed by atoms with Gasteiger partial charge in [-0.2, -0.15) is 0 Å². The van der Waals surface area contributed by atoms with E-state index in [0.29, 0.717) is 133 Å². The summed E-state index contributed by atoms with van der Waals surface area (Å²) in [5.74, 6) is -0.0358. The van der Waals surface area contributed by atoms with Gasteiger partial charge < -0.3 is 56.8 Å². The zero-order valence-electron chi connectivity index (χ0n) is 71.7. The number of ether oxygens (including phenoxy) is 12. The molecule has 23 heteroatoms. The number of hydrogen-bond donors (Lipinski definition) is 0. The third kappa shape index (κ3) is 28.0. The number of carbonyl (C=O) groups excluding carboxylic acids is 9. The molecule has 0 amide bonds. The Labute approximate surface area is 771 Å². The van der Waals surface area contributed by atoms with Gasteiger partial charge in [0.05, 0.1) is 71.4 Å². The average Bonchev–Trinajstić information content (AvgIpc) is 0.844. The molecule has 0 aliphatic carbocycles. The molecule has 0 saturated heterocycles. The summed E-state index contributed by atoms with van der Waals surface area (Å²) in [6.07, 6.45) is 3.52. The second kappa shape index (κ2) is 46.3. The van der Waals surface area contributed by atoms with E-state index in [9.17, 15) is 43.2 Å². The fourth-order valence-electron chi connectivity index (χ4n) is 13.0. The van der Waals surface area contributed by atoms with Gasteiger partial charge in [-0.05, 0) is 321 Å². The summed E-state index contributed by atoms with van der Waals surface area (Å²) in [5, 5.41) is 0.995. The highest BCUT2D eigenvalue weighted by Gasteiger charge is 2.21. The van der Waals surface area contributed by atoms with Crippen LogP contribution in [0.5, 0.6) is 69.0 Å². The lowest BCUT2D eigenvalue weighted by molar-refractivity contribution is 0.0713. The molecule has 0 radical (unpaired) electrons. The summed E-state index contributed by atoms with van der Waals surface area (Å²) in [7, 11) is 4.64. The number of carbonyl (C=O) groups is 9. The number of benzene rings is 15. The minimum absolute atomic E-state index is 0.222. The Hall–Kier alpha value is -16.5. The van der Waals surface area contributed by atoms with Gasteiger partial charge in [0.1, 0.15) is 69.0 Å². The lowest BCUT2D eigenvalue weighted by atomic mass is 10.0. The molecule has 15 aromatic rings. The van der Waals surface area contributed by atoms with Gasteiger partial charge in [0.2, 0.25) is 0 Å². The monoisotopic (exact) mass is 1800 g/mol. The van der Waals surface area contributed by atoms with Crippen molar-refractivity contribution in [3.05, 3.63) is 463 Å². The van der Waals surface area contributed by atoms with E-state index < -0.39 is 53.7 Å². The Bertz CT molecular complexity index is 6270. The van der Waals surface area contributed by atoms with Crippen LogP contribution in [0.15, 0.2) is 364 Å². The first-order chi connectivity index (χ1) is 64.1. The van der Waals surface area contributed by atoms with Crippen molar-refractivity contribution in [2.75, 3.05) is 21.3 Å². The molecule has 0 saturated carbocycles. The van der Waals surface area contributed by atoms with Gasteiger partial charge in [-0.3, -0.25) is 0 Å². The van der Waals surface area contributed by atoms with Gasteiger partial charge >= 0.3 is 53.7 Å². The molecule has 0 unspecified atom stereocenters. The van der Waals surface area contributed by atoms with Crippen LogP contribution in [0.2, 0.25) is 10.0 Å². The summed E-state index contributed by atoms with van der Waals surface area (Å²) in [6, 6.07) is 102. The Balaban J connectivity index is 0.000000169. The normalized spacial score (nSPS) is 10.5. The molecule has 0 N–H and O–H groups in total. The first-order valence-electron chi connectivity index (χ1n) is 41.4. The summed E-state index contributed by atoms with van der Waals surface area (Å²) in [6.45, 7) is 1.95. The van der Waals surface area contributed by atoms with Crippen LogP contribution < -0.4 is 56.8 Å². The number of hydrogen-bond acceptors (Lipinski definition) is 21. The van der Waals surface area contributed by atoms with Gasteiger partial charge in [-0.15, -0.1) is 0 Å². The molecule has 0 heterocycles. The van der Waals surface area contributed by atoms with Gasteiger partial charge in [0, 0.05) is 28.2 Å². The van der Waals surface area contributed by atoms with Gasteiger partial charge in [0.15, 0.2) is 0 Å². The lowest BCUT2D eigenvalue weighted by Crippen LogP contribution is -2.11. The Kier molecular flexibility index (Phi) is 32.7. The third-order valence-corrected chi connectivity index (χ3v) is 20.5. The van der Waals surface area contributed by atoms with E-state index in [-0.39, 0.29) is 34.5 Å². The highest BCUT2D eigenvalue weighted by atomic mass is 35.5. The molecular weight excluding hydrogens is 1720 g/mol. The molecule has 132 heavy (non-hydrogen) atoms. The van der Waals surface area contributed by atoms with Crippen LogP contribution >= 0.6 is 23.2 Å². The van der Waals surface area contributed by atoms with Crippen LogP contribution in [0.3, 0.4) is 0 Å². The third-order valence-electron chi connectivity index (χ3n) is 20.0. The second-order valence-electron chi connectivity index (χ2n) is 29.5. The summed E-state index contributed by atoms with van der Waals surface area (Å²) in [4.78, 5) is 114. The van der Waals surface area contributed by atoms with Crippen LogP contribution in [0, 0.1) is 6.92 Å². The van der Waals surface area contributed by atoms with Crippen LogP contribution in [0.25, 0.3) is 0 Å². The highest BCUT2D eigenvalue weighted by molar-refractivity contribution is 6.31. The average molecular weight is 1800 g/mol. The van der Waals surface area contributed by atoms with Gasteiger partial charge in [-0.25, -0.2) is 43.2 Å². The fraction of sp³-hybridized carbons (Fsp3) is 0.0917. The van der Waals surface area contributed by atoms with E-state index in [4.69, 9.17) is 80.0 Å². The van der Waals surface area contributed by atoms with Crippen LogP contribution in [-0.2, 0) is 38.5 Å². The summed E-state index contributed by atoms with van der Waals surface area (Å²) >= 11 is 11.9. The van der Waals surface area contributed by atoms with Gasteiger partial charge in [-0.1, -0.05) is 132 Å². The molecule has 0 aliphatic heterocycles. The van der Waals surface area contributed by atoms with Crippen molar-refractivity contribution in [3.63, 3.8) is 0 Å². The highest BCUT2D eigenvalue weighted by Crippen LogP contribution is 2.33. The van der Waals surface area contributed by atoms with Crippen LogP contribution in [-0.4, -0.2) is 75.1 Å². The van der Waals surface area contributed by atoms with E-state index >= 15 is 0 Å². The maximum Gasteiger partial charge on any atom is 0.343 e. The van der Waals surface area contributed by atoms with E-state index in [1.165, 1.54) is 18.2 Å². The molecule has 15 aromatic carbocycles. The smallest absolute Gasteiger partial charge is 0.343 e. The molecule has 0 aromatic heterocycles. The van der Waals surface area contributed by atoms with Crippen molar-refractivity contribution in [2.45, 2.75) is 45.4 Å². The fourth-order valence-corrected chi connectivity index (χ4v) is 13.2. The number of esters is 9. The largest absolute Gasteiger partial charge is 0.497 e. The Morgan fingerprint density at radius 2 is 0.348 bits per heavy atom. The minimum Gasteiger partial charge on any atom is -0.497 e. The zero-order valence-corrected chi connectivity index (χ0v) is 73.2. The Morgan fingerprint density at radius 3 is 0.553 bits per heavy atom. The molecular formula is C109H84Cl2O21. The van der Waals surface area contributed by atoms with Crippen molar-refractivity contribution in [3.8, 4) is 69.0 Å². The summed E-state index contributed by atoms with van der Waals surface area (Å²) in [5.41, 5.74) is 9.91. The molecule has 0 aliphatic rings. The topological polar surface area (TPSA) is 264 Å². The van der Waals surface area contributed by atoms with E-state index in [0.717, 1.165) is 38.9 Å².